The first-order valence-electron chi connectivity index (χ1n) is 5.41. The zero-order valence-corrected chi connectivity index (χ0v) is 11.7. The van der Waals surface area contributed by atoms with Crippen molar-refractivity contribution in [1.82, 2.24) is 0 Å². The number of benzene rings is 1. The topological polar surface area (TPSA) is 52.4 Å². The van der Waals surface area contributed by atoms with Crippen LogP contribution in [0.25, 0.3) is 0 Å². The van der Waals surface area contributed by atoms with Gasteiger partial charge in [-0.05, 0) is 24.5 Å². The Morgan fingerprint density at radius 2 is 2.12 bits per heavy atom. The van der Waals surface area contributed by atoms with Crippen LogP contribution in [0.15, 0.2) is 18.2 Å². The van der Waals surface area contributed by atoms with Gasteiger partial charge in [0, 0.05) is 10.4 Å². The number of halogens is 1. The number of methoxy groups -OCH3 is 1. The van der Waals surface area contributed by atoms with Crippen LogP contribution in [0.5, 0.6) is 5.75 Å². The summed E-state index contributed by atoms with van der Waals surface area (Å²) in [6.45, 7) is 4.16. The molecule has 0 saturated heterocycles. The average Bonchev–Trinajstić information content (AvgIpc) is 2.29. The van der Waals surface area contributed by atoms with Gasteiger partial charge in [0.25, 0.3) is 5.69 Å². The summed E-state index contributed by atoms with van der Waals surface area (Å²) in [5.41, 5.74) is 0.848. The number of ether oxygens (including phenoxy) is 1. The Labute approximate surface area is 109 Å². The van der Waals surface area contributed by atoms with E-state index in [0.717, 1.165) is 5.56 Å². The van der Waals surface area contributed by atoms with Gasteiger partial charge in [0.2, 0.25) is 0 Å². The lowest BCUT2D eigenvalue weighted by molar-refractivity contribution is -0.385. The summed E-state index contributed by atoms with van der Waals surface area (Å²) >= 11 is 3.54. The highest BCUT2D eigenvalue weighted by atomic mass is 79.9. The third kappa shape index (κ3) is 3.70. The molecule has 0 aromatic heterocycles. The Kier molecular flexibility index (Phi) is 4.93. The molecule has 0 aliphatic carbocycles. The van der Waals surface area contributed by atoms with E-state index in [2.05, 4.69) is 29.8 Å². The van der Waals surface area contributed by atoms with Gasteiger partial charge in [-0.1, -0.05) is 29.8 Å². The second-order valence-electron chi connectivity index (χ2n) is 4.22. The minimum absolute atomic E-state index is 0.120. The molecule has 4 nitrogen and oxygen atoms in total. The van der Waals surface area contributed by atoms with Crippen LogP contribution in [-0.2, 0) is 6.42 Å². The molecule has 5 heteroatoms. The molecule has 0 bridgehead atoms. The molecule has 0 fully saturated rings. The zero-order valence-electron chi connectivity index (χ0n) is 10.1. The molecular formula is C12H16BrNO3. The van der Waals surface area contributed by atoms with Crippen molar-refractivity contribution < 1.29 is 9.66 Å². The van der Waals surface area contributed by atoms with Crippen LogP contribution in [-0.4, -0.2) is 16.9 Å². The normalized spacial score (nSPS) is 12.5. The average molecular weight is 302 g/mol. The van der Waals surface area contributed by atoms with E-state index in [1.54, 1.807) is 12.1 Å². The molecule has 1 aromatic carbocycles. The van der Waals surface area contributed by atoms with Crippen molar-refractivity contribution in [3.63, 3.8) is 0 Å². The number of hydrogen-bond acceptors (Lipinski definition) is 3. The molecular weight excluding hydrogens is 286 g/mol. The van der Waals surface area contributed by atoms with E-state index in [9.17, 15) is 10.1 Å². The minimum Gasteiger partial charge on any atom is -0.497 e. The summed E-state index contributed by atoms with van der Waals surface area (Å²) < 4.78 is 5.00. The van der Waals surface area contributed by atoms with Crippen LogP contribution in [0.3, 0.4) is 0 Å². The van der Waals surface area contributed by atoms with E-state index < -0.39 is 0 Å². The van der Waals surface area contributed by atoms with Crippen LogP contribution >= 0.6 is 15.9 Å². The highest BCUT2D eigenvalue weighted by Gasteiger charge is 2.19. The van der Waals surface area contributed by atoms with Crippen molar-refractivity contribution in [1.29, 1.82) is 0 Å². The van der Waals surface area contributed by atoms with Gasteiger partial charge in [-0.15, -0.1) is 0 Å². The molecule has 17 heavy (non-hydrogen) atoms. The summed E-state index contributed by atoms with van der Waals surface area (Å²) in [5.74, 6) is 0.938. The molecule has 0 amide bonds. The minimum atomic E-state index is -0.363. The van der Waals surface area contributed by atoms with Crippen LogP contribution in [0.2, 0.25) is 0 Å². The van der Waals surface area contributed by atoms with Crippen molar-refractivity contribution in [3.05, 3.63) is 33.9 Å². The van der Waals surface area contributed by atoms with Gasteiger partial charge in [-0.25, -0.2) is 0 Å². The number of nitro benzene ring substituents is 1. The van der Waals surface area contributed by atoms with Gasteiger partial charge < -0.3 is 4.74 Å². The Morgan fingerprint density at radius 3 is 2.59 bits per heavy atom. The van der Waals surface area contributed by atoms with Crippen molar-refractivity contribution in [2.24, 2.45) is 5.92 Å². The van der Waals surface area contributed by atoms with Gasteiger partial charge >= 0.3 is 0 Å². The van der Waals surface area contributed by atoms with Gasteiger partial charge in [0.05, 0.1) is 18.1 Å². The maximum atomic E-state index is 11.0. The fraction of sp³-hybridized carbons (Fsp3) is 0.500. The van der Waals surface area contributed by atoms with Crippen LogP contribution in [0.4, 0.5) is 5.69 Å². The van der Waals surface area contributed by atoms with Crippen molar-refractivity contribution in [3.8, 4) is 5.75 Å². The fourth-order valence-electron chi connectivity index (χ4n) is 1.46. The molecule has 0 N–H and O–H groups in total. The molecule has 0 saturated carbocycles. The van der Waals surface area contributed by atoms with Crippen LogP contribution in [0.1, 0.15) is 19.4 Å². The Bertz CT molecular complexity index is 407. The zero-order chi connectivity index (χ0) is 13.0. The predicted octanol–water partition coefficient (Wildman–Crippen LogP) is 3.57. The molecule has 0 spiro atoms. The Balaban J connectivity index is 3.02. The number of nitro groups is 1. The summed E-state index contributed by atoms with van der Waals surface area (Å²) in [4.78, 5) is 10.8. The van der Waals surface area contributed by atoms with E-state index in [4.69, 9.17) is 4.74 Å². The maximum Gasteiger partial charge on any atom is 0.276 e. The highest BCUT2D eigenvalue weighted by Crippen LogP contribution is 2.28. The number of rotatable bonds is 5. The van der Waals surface area contributed by atoms with Crippen LogP contribution < -0.4 is 4.74 Å². The largest absolute Gasteiger partial charge is 0.497 e. The smallest absolute Gasteiger partial charge is 0.276 e. The fourth-order valence-corrected chi connectivity index (χ4v) is 1.81. The Morgan fingerprint density at radius 1 is 1.47 bits per heavy atom. The standard InChI is InChI=1S/C12H16BrNO3/c1-8(2)11(13)6-9-4-5-10(17-3)7-12(9)14(15)16/h4-5,7-8,11H,6H2,1-3H3. The third-order valence-corrected chi connectivity index (χ3v) is 4.01. The van der Waals surface area contributed by atoms with Crippen molar-refractivity contribution in [2.45, 2.75) is 25.1 Å². The Hall–Kier alpha value is -1.10. The molecule has 0 radical (unpaired) electrons. The first-order chi connectivity index (χ1) is 7.95. The summed E-state index contributed by atoms with van der Waals surface area (Å²) in [6, 6.07) is 4.98. The molecule has 0 aliphatic heterocycles. The molecule has 0 heterocycles. The van der Waals surface area contributed by atoms with Gasteiger partial charge in [0.1, 0.15) is 5.75 Å². The lowest BCUT2D eigenvalue weighted by Gasteiger charge is -2.13. The van der Waals surface area contributed by atoms with Crippen molar-refractivity contribution in [2.75, 3.05) is 7.11 Å². The number of alkyl halides is 1. The van der Waals surface area contributed by atoms with E-state index in [1.807, 2.05) is 0 Å². The molecule has 1 atom stereocenters. The van der Waals surface area contributed by atoms with Gasteiger partial charge in [-0.2, -0.15) is 0 Å². The molecule has 1 rings (SSSR count). The molecule has 94 valence electrons. The molecule has 1 unspecified atom stereocenters. The summed E-state index contributed by atoms with van der Waals surface area (Å²) in [5, 5.41) is 11.0. The van der Waals surface area contributed by atoms with E-state index in [1.165, 1.54) is 13.2 Å². The molecule has 0 aliphatic rings. The SMILES string of the molecule is COc1ccc(CC(Br)C(C)C)c([N+](=O)[O-])c1. The van der Waals surface area contributed by atoms with Gasteiger partial charge in [-0.3, -0.25) is 10.1 Å². The third-order valence-electron chi connectivity index (χ3n) is 2.63. The number of nitrogens with zero attached hydrogens (tertiary/aromatic N) is 1. The van der Waals surface area contributed by atoms with E-state index in [0.29, 0.717) is 18.1 Å². The van der Waals surface area contributed by atoms with E-state index in [-0.39, 0.29) is 15.4 Å². The second kappa shape index (κ2) is 6.00. The number of hydrogen-bond donors (Lipinski definition) is 0. The lowest BCUT2D eigenvalue weighted by atomic mass is 10.0. The summed E-state index contributed by atoms with van der Waals surface area (Å²) in [7, 11) is 1.50. The first-order valence-corrected chi connectivity index (χ1v) is 6.32. The van der Waals surface area contributed by atoms with Crippen molar-refractivity contribution >= 4 is 21.6 Å². The monoisotopic (exact) mass is 301 g/mol. The molecule has 1 aromatic rings. The quantitative estimate of drug-likeness (QED) is 0.474. The maximum absolute atomic E-state index is 11.0. The second-order valence-corrected chi connectivity index (χ2v) is 5.39. The van der Waals surface area contributed by atoms with E-state index >= 15 is 0 Å². The lowest BCUT2D eigenvalue weighted by Crippen LogP contribution is -2.11. The first kappa shape index (κ1) is 14.0. The predicted molar refractivity (Wildman–Crippen MR) is 70.9 cm³/mol. The highest BCUT2D eigenvalue weighted by molar-refractivity contribution is 9.09. The van der Waals surface area contributed by atoms with Gasteiger partial charge in [0.15, 0.2) is 0 Å². The van der Waals surface area contributed by atoms with Crippen LogP contribution in [0, 0.1) is 16.0 Å². The summed E-state index contributed by atoms with van der Waals surface area (Å²) in [6.07, 6.45) is 0.637.